The monoisotopic (exact) mass is 286 g/mol. The van der Waals surface area contributed by atoms with Crippen LogP contribution in [0.25, 0.3) is 0 Å². The van der Waals surface area contributed by atoms with Crippen molar-refractivity contribution in [2.24, 2.45) is 0 Å². The number of benzene rings is 1. The molecule has 2 heterocycles. The third kappa shape index (κ3) is 3.26. The molecule has 1 aromatic rings. The van der Waals surface area contributed by atoms with Gasteiger partial charge in [-0.05, 0) is 30.7 Å². The summed E-state index contributed by atoms with van der Waals surface area (Å²) < 4.78 is 0. The number of piperidine rings is 1. The number of hydrogen-bond acceptors (Lipinski definition) is 2. The minimum atomic E-state index is 0.108. The topological polar surface area (TPSA) is 40.6 Å². The zero-order chi connectivity index (χ0) is 14.7. The highest BCUT2D eigenvalue weighted by Gasteiger charge is 2.27. The van der Waals surface area contributed by atoms with Crippen molar-refractivity contribution >= 4 is 11.8 Å². The lowest BCUT2D eigenvalue weighted by atomic mass is 9.89. The first-order chi connectivity index (χ1) is 10.2. The summed E-state index contributed by atoms with van der Waals surface area (Å²) in [6, 6.07) is 10.5. The maximum atomic E-state index is 12.3. The fourth-order valence-corrected chi connectivity index (χ4v) is 3.32. The van der Waals surface area contributed by atoms with Crippen molar-refractivity contribution in [3.05, 3.63) is 35.9 Å². The van der Waals surface area contributed by atoms with E-state index in [0.717, 1.165) is 38.9 Å². The van der Waals surface area contributed by atoms with Crippen LogP contribution >= 0.6 is 0 Å². The fraction of sp³-hybridized carbons (Fsp3) is 0.529. The first kappa shape index (κ1) is 14.1. The maximum absolute atomic E-state index is 12.3. The van der Waals surface area contributed by atoms with Crippen LogP contribution in [0.1, 0.15) is 37.2 Å². The molecule has 0 bridgehead atoms. The maximum Gasteiger partial charge on any atom is 0.242 e. The van der Waals surface area contributed by atoms with Gasteiger partial charge >= 0.3 is 0 Å². The van der Waals surface area contributed by atoms with E-state index >= 15 is 0 Å². The minimum Gasteiger partial charge on any atom is -0.341 e. The zero-order valence-electron chi connectivity index (χ0n) is 12.3. The molecular weight excluding hydrogens is 264 g/mol. The van der Waals surface area contributed by atoms with Crippen molar-refractivity contribution in [2.45, 2.75) is 31.6 Å². The molecule has 2 aliphatic rings. The van der Waals surface area contributed by atoms with E-state index in [2.05, 4.69) is 24.3 Å². The lowest BCUT2D eigenvalue weighted by Crippen LogP contribution is -2.44. The molecule has 0 saturated carbocycles. The van der Waals surface area contributed by atoms with Crippen molar-refractivity contribution in [1.29, 1.82) is 0 Å². The molecule has 21 heavy (non-hydrogen) atoms. The normalized spacial score (nSPS) is 20.1. The summed E-state index contributed by atoms with van der Waals surface area (Å²) in [5.41, 5.74) is 1.37. The Bertz CT molecular complexity index is 507. The Hall–Kier alpha value is -1.84. The van der Waals surface area contributed by atoms with Crippen molar-refractivity contribution < 1.29 is 9.59 Å². The molecule has 2 fully saturated rings. The van der Waals surface area contributed by atoms with E-state index in [1.807, 2.05) is 11.0 Å². The lowest BCUT2D eigenvalue weighted by Gasteiger charge is -2.33. The molecular formula is C17H22N2O2. The Kier molecular flexibility index (Phi) is 4.23. The summed E-state index contributed by atoms with van der Waals surface area (Å²) in [5.74, 6) is 0.794. The molecule has 0 spiro atoms. The van der Waals surface area contributed by atoms with Crippen molar-refractivity contribution in [2.75, 3.05) is 26.2 Å². The number of carbonyl (C=O) groups excluding carboxylic acids is 2. The molecule has 2 saturated heterocycles. The van der Waals surface area contributed by atoms with Crippen LogP contribution < -0.4 is 0 Å². The van der Waals surface area contributed by atoms with E-state index in [-0.39, 0.29) is 18.4 Å². The van der Waals surface area contributed by atoms with E-state index in [0.29, 0.717) is 12.3 Å². The van der Waals surface area contributed by atoms with Gasteiger partial charge in [0.15, 0.2) is 0 Å². The van der Waals surface area contributed by atoms with Crippen LogP contribution in [0.3, 0.4) is 0 Å². The second kappa shape index (κ2) is 6.29. The molecule has 0 radical (unpaired) electrons. The third-order valence-electron chi connectivity index (χ3n) is 4.62. The number of hydrogen-bond donors (Lipinski definition) is 0. The van der Waals surface area contributed by atoms with Crippen LogP contribution in [0.2, 0.25) is 0 Å². The molecule has 3 rings (SSSR count). The second-order valence-corrected chi connectivity index (χ2v) is 5.98. The van der Waals surface area contributed by atoms with Gasteiger partial charge in [-0.25, -0.2) is 0 Å². The highest BCUT2D eigenvalue weighted by Crippen LogP contribution is 2.27. The standard InChI is InChI=1S/C17H22N2O2/c20-16-7-4-10-19(16)13-17(21)18-11-8-15(9-12-18)14-5-2-1-3-6-14/h1-3,5-6,15H,4,7-13H2. The van der Waals surface area contributed by atoms with Crippen LogP contribution in [-0.4, -0.2) is 47.8 Å². The van der Waals surface area contributed by atoms with Crippen LogP contribution in [0.15, 0.2) is 30.3 Å². The summed E-state index contributed by atoms with van der Waals surface area (Å²) in [5, 5.41) is 0. The van der Waals surface area contributed by atoms with Gasteiger partial charge in [0.25, 0.3) is 0 Å². The molecule has 0 atom stereocenters. The van der Waals surface area contributed by atoms with E-state index in [4.69, 9.17) is 0 Å². The Morgan fingerprint density at radius 2 is 1.81 bits per heavy atom. The molecule has 0 N–H and O–H groups in total. The SMILES string of the molecule is O=C(CN1CCCC1=O)N1CCC(c2ccccc2)CC1. The number of likely N-dealkylation sites (tertiary alicyclic amines) is 2. The molecule has 0 aliphatic carbocycles. The van der Waals surface area contributed by atoms with Gasteiger partial charge in [-0.15, -0.1) is 0 Å². The largest absolute Gasteiger partial charge is 0.341 e. The molecule has 0 unspecified atom stereocenters. The summed E-state index contributed by atoms with van der Waals surface area (Å²) in [6.45, 7) is 2.63. The minimum absolute atomic E-state index is 0.108. The van der Waals surface area contributed by atoms with Crippen LogP contribution in [0.5, 0.6) is 0 Å². The fourth-order valence-electron chi connectivity index (χ4n) is 3.32. The van der Waals surface area contributed by atoms with Gasteiger partial charge in [0, 0.05) is 26.1 Å². The van der Waals surface area contributed by atoms with E-state index < -0.39 is 0 Å². The van der Waals surface area contributed by atoms with Gasteiger partial charge in [-0.1, -0.05) is 30.3 Å². The molecule has 0 aromatic heterocycles. The summed E-state index contributed by atoms with van der Waals surface area (Å²) >= 11 is 0. The van der Waals surface area contributed by atoms with Crippen molar-refractivity contribution in [1.82, 2.24) is 9.80 Å². The molecule has 112 valence electrons. The Morgan fingerprint density at radius 1 is 1.10 bits per heavy atom. The Labute approximate surface area is 125 Å². The quantitative estimate of drug-likeness (QED) is 0.853. The third-order valence-corrected chi connectivity index (χ3v) is 4.62. The van der Waals surface area contributed by atoms with Crippen LogP contribution in [0, 0.1) is 0 Å². The summed E-state index contributed by atoms with van der Waals surface area (Å²) in [6.07, 6.45) is 3.53. The van der Waals surface area contributed by atoms with E-state index in [9.17, 15) is 9.59 Å². The van der Waals surface area contributed by atoms with Gasteiger partial charge in [-0.2, -0.15) is 0 Å². The molecule has 4 nitrogen and oxygen atoms in total. The first-order valence-corrected chi connectivity index (χ1v) is 7.84. The number of carbonyl (C=O) groups is 2. The van der Waals surface area contributed by atoms with Crippen molar-refractivity contribution in [3.8, 4) is 0 Å². The highest BCUT2D eigenvalue weighted by molar-refractivity contribution is 5.85. The molecule has 2 aliphatic heterocycles. The number of nitrogens with zero attached hydrogens (tertiary/aromatic N) is 2. The zero-order valence-corrected chi connectivity index (χ0v) is 12.3. The molecule has 4 heteroatoms. The summed E-state index contributed by atoms with van der Waals surface area (Å²) in [4.78, 5) is 27.5. The summed E-state index contributed by atoms with van der Waals surface area (Å²) in [7, 11) is 0. The van der Waals surface area contributed by atoms with Crippen LogP contribution in [-0.2, 0) is 9.59 Å². The molecule has 1 aromatic carbocycles. The van der Waals surface area contributed by atoms with Gasteiger partial charge < -0.3 is 9.80 Å². The van der Waals surface area contributed by atoms with Gasteiger partial charge in [0.1, 0.15) is 0 Å². The number of rotatable bonds is 3. The van der Waals surface area contributed by atoms with E-state index in [1.54, 1.807) is 4.90 Å². The Morgan fingerprint density at radius 3 is 2.43 bits per heavy atom. The predicted octanol–water partition coefficient (Wildman–Crippen LogP) is 2.02. The second-order valence-electron chi connectivity index (χ2n) is 5.98. The molecule has 2 amide bonds. The lowest BCUT2D eigenvalue weighted by molar-refractivity contribution is -0.139. The van der Waals surface area contributed by atoms with E-state index in [1.165, 1.54) is 5.56 Å². The average Bonchev–Trinajstić information content (AvgIpc) is 2.93. The predicted molar refractivity (Wildman–Crippen MR) is 80.8 cm³/mol. The number of amides is 2. The van der Waals surface area contributed by atoms with Crippen molar-refractivity contribution in [3.63, 3.8) is 0 Å². The van der Waals surface area contributed by atoms with Gasteiger partial charge in [-0.3, -0.25) is 9.59 Å². The van der Waals surface area contributed by atoms with Gasteiger partial charge in [0.2, 0.25) is 11.8 Å². The smallest absolute Gasteiger partial charge is 0.242 e. The average molecular weight is 286 g/mol. The van der Waals surface area contributed by atoms with Gasteiger partial charge in [0.05, 0.1) is 6.54 Å². The Balaban J connectivity index is 1.51. The first-order valence-electron chi connectivity index (χ1n) is 7.84. The van der Waals surface area contributed by atoms with Crippen LogP contribution in [0.4, 0.5) is 0 Å². The highest BCUT2D eigenvalue weighted by atomic mass is 16.2.